The fraction of sp³-hybridized carbons (Fsp3) is 0.444. The SMILES string of the molecule is C#CCNC(=O)CN1CCC(C(=O)NCc2ccccc2)CC1. The number of nitrogens with zero attached hydrogens (tertiary/aromatic N) is 1. The van der Waals surface area contributed by atoms with Crippen LogP contribution in [0.15, 0.2) is 30.3 Å². The zero-order valence-corrected chi connectivity index (χ0v) is 13.3. The third-order valence-electron chi connectivity index (χ3n) is 4.02. The smallest absolute Gasteiger partial charge is 0.234 e. The highest BCUT2D eigenvalue weighted by Gasteiger charge is 2.25. The van der Waals surface area contributed by atoms with Gasteiger partial charge in [-0.25, -0.2) is 0 Å². The molecular weight excluding hydrogens is 290 g/mol. The molecule has 1 aromatic carbocycles. The summed E-state index contributed by atoms with van der Waals surface area (Å²) < 4.78 is 0. The Kier molecular flexibility index (Phi) is 6.64. The first-order valence-corrected chi connectivity index (χ1v) is 7.93. The Morgan fingerprint density at radius 2 is 1.87 bits per heavy atom. The van der Waals surface area contributed by atoms with Crippen LogP contribution in [0.3, 0.4) is 0 Å². The highest BCUT2D eigenvalue weighted by atomic mass is 16.2. The zero-order chi connectivity index (χ0) is 16.5. The Bertz CT molecular complexity index is 557. The van der Waals surface area contributed by atoms with Crippen molar-refractivity contribution in [1.82, 2.24) is 15.5 Å². The molecule has 0 unspecified atom stereocenters. The summed E-state index contributed by atoms with van der Waals surface area (Å²) in [5, 5.41) is 5.65. The lowest BCUT2D eigenvalue weighted by Gasteiger charge is -2.30. The fourth-order valence-corrected chi connectivity index (χ4v) is 2.69. The Morgan fingerprint density at radius 3 is 2.52 bits per heavy atom. The number of hydrogen-bond donors (Lipinski definition) is 2. The van der Waals surface area contributed by atoms with Crippen molar-refractivity contribution in [3.63, 3.8) is 0 Å². The number of benzene rings is 1. The summed E-state index contributed by atoms with van der Waals surface area (Å²) in [7, 11) is 0. The summed E-state index contributed by atoms with van der Waals surface area (Å²) in [5.41, 5.74) is 1.10. The third-order valence-corrected chi connectivity index (χ3v) is 4.02. The van der Waals surface area contributed by atoms with Crippen molar-refractivity contribution in [2.24, 2.45) is 5.92 Å². The molecule has 1 aliphatic rings. The third kappa shape index (κ3) is 5.76. The van der Waals surface area contributed by atoms with E-state index in [1.807, 2.05) is 30.3 Å². The Morgan fingerprint density at radius 1 is 1.17 bits per heavy atom. The standard InChI is InChI=1S/C18H23N3O2/c1-2-10-19-17(22)14-21-11-8-16(9-12-21)18(23)20-13-15-6-4-3-5-7-15/h1,3-7,16H,8-14H2,(H,19,22)(H,20,23). The number of terminal acetylenes is 1. The molecule has 0 radical (unpaired) electrons. The molecule has 0 bridgehead atoms. The monoisotopic (exact) mass is 313 g/mol. The first kappa shape index (κ1) is 17.0. The van der Waals surface area contributed by atoms with Crippen molar-refractivity contribution >= 4 is 11.8 Å². The van der Waals surface area contributed by atoms with Gasteiger partial charge in [0.25, 0.3) is 0 Å². The maximum atomic E-state index is 12.2. The topological polar surface area (TPSA) is 61.4 Å². The van der Waals surface area contributed by atoms with Gasteiger partial charge in [0.05, 0.1) is 13.1 Å². The van der Waals surface area contributed by atoms with E-state index in [0.717, 1.165) is 31.5 Å². The summed E-state index contributed by atoms with van der Waals surface area (Å²) >= 11 is 0. The van der Waals surface area contributed by atoms with Crippen LogP contribution in [-0.2, 0) is 16.1 Å². The lowest BCUT2D eigenvalue weighted by Crippen LogP contribution is -2.44. The first-order valence-electron chi connectivity index (χ1n) is 7.93. The van der Waals surface area contributed by atoms with Crippen LogP contribution in [0.4, 0.5) is 0 Å². The van der Waals surface area contributed by atoms with Crippen LogP contribution in [0.5, 0.6) is 0 Å². The normalized spacial score (nSPS) is 15.6. The Balaban J connectivity index is 1.68. The molecule has 1 saturated heterocycles. The molecule has 0 aromatic heterocycles. The van der Waals surface area contributed by atoms with Gasteiger partial charge in [-0.3, -0.25) is 14.5 Å². The largest absolute Gasteiger partial charge is 0.352 e. The van der Waals surface area contributed by atoms with E-state index in [-0.39, 0.29) is 24.3 Å². The number of likely N-dealkylation sites (tertiary alicyclic amines) is 1. The summed E-state index contributed by atoms with van der Waals surface area (Å²) in [6, 6.07) is 9.88. The molecular formula is C18H23N3O2. The van der Waals surface area contributed by atoms with Gasteiger partial charge in [0.15, 0.2) is 0 Å². The minimum Gasteiger partial charge on any atom is -0.352 e. The van der Waals surface area contributed by atoms with E-state index < -0.39 is 0 Å². The van der Waals surface area contributed by atoms with Crippen molar-refractivity contribution < 1.29 is 9.59 Å². The second kappa shape index (κ2) is 8.96. The molecule has 5 nitrogen and oxygen atoms in total. The van der Waals surface area contributed by atoms with Gasteiger partial charge in [-0.15, -0.1) is 6.42 Å². The Labute approximate surface area is 137 Å². The number of hydrogen-bond acceptors (Lipinski definition) is 3. The summed E-state index contributed by atoms with van der Waals surface area (Å²) in [6.45, 7) is 2.69. The van der Waals surface area contributed by atoms with Crippen LogP contribution in [0.25, 0.3) is 0 Å². The maximum absolute atomic E-state index is 12.2. The predicted octanol–water partition coefficient (Wildman–Crippen LogP) is 0.764. The molecule has 2 N–H and O–H groups in total. The molecule has 122 valence electrons. The van der Waals surface area contributed by atoms with Crippen molar-refractivity contribution in [3.05, 3.63) is 35.9 Å². The van der Waals surface area contributed by atoms with Gasteiger partial charge in [0, 0.05) is 12.5 Å². The quantitative estimate of drug-likeness (QED) is 0.763. The molecule has 2 amide bonds. The molecule has 1 aliphatic heterocycles. The number of carbonyl (C=O) groups is 2. The Hall–Kier alpha value is -2.32. The van der Waals surface area contributed by atoms with Crippen LogP contribution < -0.4 is 10.6 Å². The molecule has 0 saturated carbocycles. The number of carbonyl (C=O) groups excluding carboxylic acids is 2. The van der Waals surface area contributed by atoms with Crippen LogP contribution >= 0.6 is 0 Å². The molecule has 1 fully saturated rings. The molecule has 23 heavy (non-hydrogen) atoms. The highest BCUT2D eigenvalue weighted by molar-refractivity contribution is 5.79. The van der Waals surface area contributed by atoms with Crippen LogP contribution in [0.2, 0.25) is 0 Å². The molecule has 0 spiro atoms. The van der Waals surface area contributed by atoms with E-state index in [2.05, 4.69) is 21.5 Å². The van der Waals surface area contributed by atoms with E-state index in [1.165, 1.54) is 0 Å². The second-order valence-electron chi connectivity index (χ2n) is 5.73. The van der Waals surface area contributed by atoms with Gasteiger partial charge in [-0.2, -0.15) is 0 Å². The fourth-order valence-electron chi connectivity index (χ4n) is 2.69. The van der Waals surface area contributed by atoms with Gasteiger partial charge >= 0.3 is 0 Å². The van der Waals surface area contributed by atoms with Crippen molar-refractivity contribution in [2.75, 3.05) is 26.2 Å². The van der Waals surface area contributed by atoms with Gasteiger partial charge in [-0.05, 0) is 31.5 Å². The van der Waals surface area contributed by atoms with E-state index in [9.17, 15) is 9.59 Å². The van der Waals surface area contributed by atoms with Crippen LogP contribution in [0, 0.1) is 18.3 Å². The van der Waals surface area contributed by atoms with Crippen LogP contribution in [-0.4, -0.2) is 42.9 Å². The average Bonchev–Trinajstić information content (AvgIpc) is 2.59. The molecule has 0 aliphatic carbocycles. The minimum absolute atomic E-state index is 0.0312. The average molecular weight is 313 g/mol. The van der Waals surface area contributed by atoms with Crippen molar-refractivity contribution in [3.8, 4) is 12.3 Å². The number of amides is 2. The summed E-state index contributed by atoms with van der Waals surface area (Å²) in [4.78, 5) is 25.9. The lowest BCUT2D eigenvalue weighted by atomic mass is 9.96. The van der Waals surface area contributed by atoms with Gasteiger partial charge in [0.2, 0.25) is 11.8 Å². The van der Waals surface area contributed by atoms with Crippen molar-refractivity contribution in [2.45, 2.75) is 19.4 Å². The molecule has 0 atom stereocenters. The molecule has 1 heterocycles. The zero-order valence-electron chi connectivity index (χ0n) is 13.3. The van der Waals surface area contributed by atoms with Gasteiger partial charge in [-0.1, -0.05) is 36.3 Å². The highest BCUT2D eigenvalue weighted by Crippen LogP contribution is 2.17. The summed E-state index contributed by atoms with van der Waals surface area (Å²) in [5.74, 6) is 2.46. The first-order chi connectivity index (χ1) is 11.2. The predicted molar refractivity (Wildman–Crippen MR) is 89.3 cm³/mol. The van der Waals surface area contributed by atoms with E-state index >= 15 is 0 Å². The van der Waals surface area contributed by atoms with E-state index in [4.69, 9.17) is 6.42 Å². The lowest BCUT2D eigenvalue weighted by molar-refractivity contribution is -0.127. The number of rotatable bonds is 6. The molecule has 2 rings (SSSR count). The van der Waals surface area contributed by atoms with Gasteiger partial charge in [0.1, 0.15) is 0 Å². The minimum atomic E-state index is -0.0603. The van der Waals surface area contributed by atoms with Gasteiger partial charge < -0.3 is 10.6 Å². The van der Waals surface area contributed by atoms with Crippen molar-refractivity contribution in [1.29, 1.82) is 0 Å². The number of piperidine rings is 1. The molecule has 1 aromatic rings. The maximum Gasteiger partial charge on any atom is 0.234 e. The molecule has 5 heteroatoms. The van der Waals surface area contributed by atoms with E-state index in [0.29, 0.717) is 13.1 Å². The van der Waals surface area contributed by atoms with Crippen LogP contribution in [0.1, 0.15) is 18.4 Å². The number of nitrogens with one attached hydrogen (secondary N) is 2. The van der Waals surface area contributed by atoms with E-state index in [1.54, 1.807) is 0 Å². The summed E-state index contributed by atoms with van der Waals surface area (Å²) in [6.07, 6.45) is 6.67. The second-order valence-corrected chi connectivity index (χ2v) is 5.73.